The molecular formula is C31H38ClN3O2. The highest BCUT2D eigenvalue weighted by atomic mass is 35.5. The Hall–Kier alpha value is -2.37. The van der Waals surface area contributed by atoms with E-state index in [-0.39, 0.29) is 5.41 Å². The molecule has 2 amide bonds. The van der Waals surface area contributed by atoms with E-state index < -0.39 is 0 Å². The Balaban J connectivity index is 1.07. The third-order valence-electron chi connectivity index (χ3n) is 9.38. The van der Waals surface area contributed by atoms with Crippen LogP contribution < -0.4 is 0 Å². The summed E-state index contributed by atoms with van der Waals surface area (Å²) in [5, 5.41) is 0.729. The zero-order valence-corrected chi connectivity index (χ0v) is 22.4. The number of nitrogens with zero attached hydrogens (tertiary/aromatic N) is 3. The molecule has 3 saturated heterocycles. The first-order chi connectivity index (χ1) is 18.0. The van der Waals surface area contributed by atoms with Crippen molar-refractivity contribution in [3.05, 3.63) is 70.7 Å². The first-order valence-electron chi connectivity index (χ1n) is 14.1. The van der Waals surface area contributed by atoms with Crippen molar-refractivity contribution in [2.75, 3.05) is 39.3 Å². The van der Waals surface area contributed by atoms with Crippen molar-refractivity contribution in [1.82, 2.24) is 14.7 Å². The fraction of sp³-hybridized carbons (Fsp3) is 0.548. The summed E-state index contributed by atoms with van der Waals surface area (Å²) < 4.78 is 0. The molecule has 0 N–H and O–H groups in total. The summed E-state index contributed by atoms with van der Waals surface area (Å²) in [6, 6.07) is 18.6. The molecule has 0 radical (unpaired) electrons. The van der Waals surface area contributed by atoms with E-state index in [0.29, 0.717) is 36.1 Å². The highest BCUT2D eigenvalue weighted by Crippen LogP contribution is 2.43. The van der Waals surface area contributed by atoms with E-state index in [4.69, 9.17) is 11.6 Å². The first kappa shape index (κ1) is 24.9. The maximum Gasteiger partial charge on any atom is 0.229 e. The van der Waals surface area contributed by atoms with Crippen LogP contribution >= 0.6 is 11.6 Å². The first-order valence-corrected chi connectivity index (χ1v) is 14.5. The fourth-order valence-electron chi connectivity index (χ4n) is 6.85. The van der Waals surface area contributed by atoms with Gasteiger partial charge in [-0.05, 0) is 80.3 Å². The van der Waals surface area contributed by atoms with Gasteiger partial charge in [0.2, 0.25) is 11.8 Å². The predicted molar refractivity (Wildman–Crippen MR) is 146 cm³/mol. The molecule has 5 nitrogen and oxygen atoms in total. The third kappa shape index (κ3) is 5.44. The van der Waals surface area contributed by atoms with Crippen molar-refractivity contribution in [3.63, 3.8) is 0 Å². The lowest BCUT2D eigenvalue weighted by atomic mass is 9.76. The Kier molecular flexibility index (Phi) is 7.02. The van der Waals surface area contributed by atoms with Gasteiger partial charge in [-0.3, -0.25) is 9.59 Å². The molecule has 2 aromatic rings. The van der Waals surface area contributed by atoms with E-state index >= 15 is 0 Å². The molecule has 6 rings (SSSR count). The maximum absolute atomic E-state index is 13.5. The predicted octanol–water partition coefficient (Wildman–Crippen LogP) is 5.20. The van der Waals surface area contributed by atoms with Crippen molar-refractivity contribution in [3.8, 4) is 0 Å². The van der Waals surface area contributed by atoms with Crippen LogP contribution in [0.4, 0.5) is 0 Å². The van der Waals surface area contributed by atoms with Gasteiger partial charge in [0.15, 0.2) is 0 Å². The molecule has 1 spiro atoms. The fourth-order valence-corrected chi connectivity index (χ4v) is 6.97. The minimum absolute atomic E-state index is 0.191. The molecule has 196 valence electrons. The average molecular weight is 520 g/mol. The van der Waals surface area contributed by atoms with Gasteiger partial charge in [0.05, 0.1) is 5.41 Å². The van der Waals surface area contributed by atoms with Crippen LogP contribution in [0.5, 0.6) is 0 Å². The van der Waals surface area contributed by atoms with Crippen LogP contribution in [0.25, 0.3) is 0 Å². The van der Waals surface area contributed by atoms with E-state index in [1.165, 1.54) is 18.4 Å². The van der Waals surface area contributed by atoms with E-state index in [2.05, 4.69) is 40.1 Å². The molecule has 37 heavy (non-hydrogen) atoms. The number of hydrogen-bond donors (Lipinski definition) is 0. The highest BCUT2D eigenvalue weighted by molar-refractivity contribution is 6.30. The molecule has 1 aliphatic carbocycles. The van der Waals surface area contributed by atoms with Crippen LogP contribution in [0, 0.1) is 17.3 Å². The summed E-state index contributed by atoms with van der Waals surface area (Å²) in [6.45, 7) is 6.16. The number of likely N-dealkylation sites (tertiary alicyclic amines) is 3. The van der Waals surface area contributed by atoms with E-state index in [9.17, 15) is 9.59 Å². The van der Waals surface area contributed by atoms with Crippen molar-refractivity contribution >= 4 is 23.4 Å². The number of amides is 2. The number of benzene rings is 2. The van der Waals surface area contributed by atoms with Crippen molar-refractivity contribution in [1.29, 1.82) is 0 Å². The second-order valence-electron chi connectivity index (χ2n) is 11.9. The Labute approximate surface area is 225 Å². The quantitative estimate of drug-likeness (QED) is 0.505. The lowest BCUT2D eigenvalue weighted by molar-refractivity contribution is -0.139. The van der Waals surface area contributed by atoms with Gasteiger partial charge < -0.3 is 14.7 Å². The summed E-state index contributed by atoms with van der Waals surface area (Å²) in [5.74, 6) is 2.15. The van der Waals surface area contributed by atoms with Gasteiger partial charge in [0, 0.05) is 50.1 Å². The Morgan fingerprint density at radius 3 is 2.32 bits per heavy atom. The van der Waals surface area contributed by atoms with Gasteiger partial charge in [-0.2, -0.15) is 0 Å². The molecule has 0 aromatic heterocycles. The molecule has 1 unspecified atom stereocenters. The Morgan fingerprint density at radius 1 is 0.919 bits per heavy atom. The zero-order valence-electron chi connectivity index (χ0n) is 21.7. The Morgan fingerprint density at radius 2 is 1.62 bits per heavy atom. The molecular weight excluding hydrogens is 482 g/mol. The van der Waals surface area contributed by atoms with Gasteiger partial charge in [0.1, 0.15) is 0 Å². The molecule has 3 aliphatic heterocycles. The molecule has 2 aromatic carbocycles. The molecule has 3 heterocycles. The highest BCUT2D eigenvalue weighted by Gasteiger charge is 2.48. The van der Waals surface area contributed by atoms with Gasteiger partial charge in [-0.25, -0.2) is 0 Å². The lowest BCUT2D eigenvalue weighted by Gasteiger charge is -2.39. The number of carbonyl (C=O) groups is 2. The number of hydrogen-bond acceptors (Lipinski definition) is 3. The molecule has 2 atom stereocenters. The van der Waals surface area contributed by atoms with Crippen LogP contribution in [-0.2, 0) is 16.1 Å². The van der Waals surface area contributed by atoms with Gasteiger partial charge in [0.25, 0.3) is 0 Å². The Bertz CT molecular complexity index is 1110. The van der Waals surface area contributed by atoms with Crippen LogP contribution in [0.1, 0.15) is 55.6 Å². The standard InChI is InChI=1S/C31H38ClN3O2/c32-27-10-8-24(9-11-27)19-34-17-14-31(30(34)37)12-15-33(16-13-31)20-26-21-35(29(36)18-23-6-7-23)22-28(26)25-4-2-1-3-5-25/h1-5,8-11,23,26,28H,6-7,12-22H2/t26-,28?/m0/s1. The van der Waals surface area contributed by atoms with Crippen LogP contribution in [0.2, 0.25) is 5.02 Å². The minimum Gasteiger partial charge on any atom is -0.342 e. The third-order valence-corrected chi connectivity index (χ3v) is 9.63. The molecule has 0 bridgehead atoms. The average Bonchev–Trinajstić information content (AvgIpc) is 3.56. The second kappa shape index (κ2) is 10.4. The number of rotatable bonds is 7. The van der Waals surface area contributed by atoms with Gasteiger partial charge in [-0.15, -0.1) is 0 Å². The second-order valence-corrected chi connectivity index (χ2v) is 12.3. The molecule has 4 aliphatic rings. The van der Waals surface area contributed by atoms with Crippen LogP contribution in [0.15, 0.2) is 54.6 Å². The van der Waals surface area contributed by atoms with E-state index in [1.54, 1.807) is 0 Å². The largest absolute Gasteiger partial charge is 0.342 e. The lowest BCUT2D eigenvalue weighted by Crippen LogP contribution is -2.46. The minimum atomic E-state index is -0.191. The monoisotopic (exact) mass is 519 g/mol. The summed E-state index contributed by atoms with van der Waals surface area (Å²) in [6.07, 6.45) is 6.01. The number of carbonyl (C=O) groups excluding carboxylic acids is 2. The summed E-state index contributed by atoms with van der Waals surface area (Å²) in [5.41, 5.74) is 2.30. The molecule has 4 fully saturated rings. The summed E-state index contributed by atoms with van der Waals surface area (Å²) in [4.78, 5) is 33.2. The van der Waals surface area contributed by atoms with E-state index in [0.717, 1.165) is 75.5 Å². The zero-order chi connectivity index (χ0) is 25.4. The molecule has 6 heteroatoms. The van der Waals surface area contributed by atoms with Crippen LogP contribution in [-0.4, -0.2) is 65.8 Å². The maximum atomic E-state index is 13.5. The number of halogens is 1. The molecule has 1 saturated carbocycles. The topological polar surface area (TPSA) is 43.9 Å². The van der Waals surface area contributed by atoms with E-state index in [1.807, 2.05) is 29.2 Å². The summed E-state index contributed by atoms with van der Waals surface area (Å²) in [7, 11) is 0. The normalized spacial score (nSPS) is 25.8. The summed E-state index contributed by atoms with van der Waals surface area (Å²) >= 11 is 6.03. The number of piperidine rings is 1. The van der Waals surface area contributed by atoms with Crippen molar-refractivity contribution in [2.24, 2.45) is 17.3 Å². The van der Waals surface area contributed by atoms with Gasteiger partial charge >= 0.3 is 0 Å². The van der Waals surface area contributed by atoms with Crippen molar-refractivity contribution < 1.29 is 9.59 Å². The van der Waals surface area contributed by atoms with Crippen LogP contribution in [0.3, 0.4) is 0 Å². The van der Waals surface area contributed by atoms with Crippen molar-refractivity contribution in [2.45, 2.75) is 51.0 Å². The van der Waals surface area contributed by atoms with Gasteiger partial charge in [-0.1, -0.05) is 54.1 Å². The SMILES string of the molecule is O=C(CC1CC1)N1CC(c2ccccc2)[C@@H](CN2CCC3(CC2)CCN(Cc2ccc(Cl)cc2)C3=O)C1. The smallest absolute Gasteiger partial charge is 0.229 e.